The lowest BCUT2D eigenvalue weighted by atomic mass is 10.2. The summed E-state index contributed by atoms with van der Waals surface area (Å²) in [6.07, 6.45) is 0. The van der Waals surface area contributed by atoms with Crippen molar-refractivity contribution in [1.29, 1.82) is 0 Å². The predicted octanol–water partition coefficient (Wildman–Crippen LogP) is 2.67. The number of nitro benzene ring substituents is 1. The molecule has 0 N–H and O–H groups in total. The third-order valence-electron chi connectivity index (χ3n) is 1.73. The van der Waals surface area contributed by atoms with Crippen molar-refractivity contribution in [3.8, 4) is 0 Å². The summed E-state index contributed by atoms with van der Waals surface area (Å²) in [5.41, 5.74) is -0.832. The maximum absolute atomic E-state index is 13.3. The van der Waals surface area contributed by atoms with Crippen LogP contribution in [0, 0.1) is 15.9 Å². The number of rotatable bonds is 3. The molecule has 0 saturated heterocycles. The zero-order valence-corrected chi connectivity index (χ0v) is 9.78. The molecule has 0 aliphatic carbocycles. The zero-order valence-electron chi connectivity index (χ0n) is 8.20. The highest BCUT2D eigenvalue weighted by Gasteiger charge is 2.21. The molecule has 0 radical (unpaired) electrons. The average molecular weight is 292 g/mol. The van der Waals surface area contributed by atoms with Gasteiger partial charge >= 0.3 is 5.97 Å². The molecular weight excluding hydrogens is 285 g/mol. The lowest BCUT2D eigenvalue weighted by Crippen LogP contribution is -2.08. The highest BCUT2D eigenvalue weighted by Crippen LogP contribution is 2.28. The summed E-state index contributed by atoms with van der Waals surface area (Å²) in [5, 5.41) is 10.6. The Morgan fingerprint density at radius 3 is 2.75 bits per heavy atom. The average Bonchev–Trinajstić information content (AvgIpc) is 2.17. The summed E-state index contributed by atoms with van der Waals surface area (Å²) >= 11 is 2.84. The minimum absolute atomic E-state index is 0.0250. The van der Waals surface area contributed by atoms with Crippen LogP contribution in [0.1, 0.15) is 17.3 Å². The standard InChI is InChI=1S/C9H7BrFNO4/c1-2-16-9(13)5-3-8(12(14)15)6(10)4-7(5)11/h3-4H,2H2,1H3. The van der Waals surface area contributed by atoms with Crippen molar-refractivity contribution < 1.29 is 18.8 Å². The van der Waals surface area contributed by atoms with Gasteiger partial charge in [0, 0.05) is 6.07 Å². The third-order valence-corrected chi connectivity index (χ3v) is 2.36. The normalized spacial score (nSPS) is 9.94. The number of benzene rings is 1. The van der Waals surface area contributed by atoms with Gasteiger partial charge in [-0.15, -0.1) is 0 Å². The van der Waals surface area contributed by atoms with Gasteiger partial charge in [0.2, 0.25) is 0 Å². The highest BCUT2D eigenvalue weighted by molar-refractivity contribution is 9.10. The molecule has 1 aromatic rings. The largest absolute Gasteiger partial charge is 0.462 e. The minimum atomic E-state index is -0.921. The monoisotopic (exact) mass is 291 g/mol. The number of nitrogens with zero attached hydrogens (tertiary/aromatic N) is 1. The molecule has 0 aliphatic rings. The predicted molar refractivity (Wildman–Crippen MR) is 56.7 cm³/mol. The van der Waals surface area contributed by atoms with E-state index in [-0.39, 0.29) is 16.8 Å². The molecule has 0 amide bonds. The van der Waals surface area contributed by atoms with Crippen molar-refractivity contribution in [2.75, 3.05) is 6.61 Å². The van der Waals surface area contributed by atoms with Gasteiger partial charge in [-0.2, -0.15) is 0 Å². The second-order valence-electron chi connectivity index (χ2n) is 2.76. The second kappa shape index (κ2) is 5.02. The summed E-state index contributed by atoms with van der Waals surface area (Å²) < 4.78 is 17.9. The molecule has 0 atom stereocenters. The van der Waals surface area contributed by atoms with Gasteiger partial charge in [0.15, 0.2) is 0 Å². The van der Waals surface area contributed by atoms with Crippen molar-refractivity contribution in [1.82, 2.24) is 0 Å². The lowest BCUT2D eigenvalue weighted by Gasteiger charge is -2.03. The first-order valence-corrected chi connectivity index (χ1v) is 5.07. The molecule has 0 unspecified atom stereocenters. The van der Waals surface area contributed by atoms with Crippen LogP contribution in [-0.2, 0) is 4.74 Å². The Hall–Kier alpha value is -1.50. The van der Waals surface area contributed by atoms with Crippen molar-refractivity contribution in [2.45, 2.75) is 6.92 Å². The zero-order chi connectivity index (χ0) is 12.3. The van der Waals surface area contributed by atoms with E-state index in [0.717, 1.165) is 12.1 Å². The van der Waals surface area contributed by atoms with E-state index in [1.165, 1.54) is 0 Å². The van der Waals surface area contributed by atoms with E-state index in [1.54, 1.807) is 6.92 Å². The lowest BCUT2D eigenvalue weighted by molar-refractivity contribution is -0.385. The number of halogens is 2. The van der Waals surface area contributed by atoms with E-state index in [4.69, 9.17) is 0 Å². The second-order valence-corrected chi connectivity index (χ2v) is 3.62. The first kappa shape index (κ1) is 12.6. The molecule has 0 saturated carbocycles. The Morgan fingerprint density at radius 1 is 1.62 bits per heavy atom. The van der Waals surface area contributed by atoms with Crippen molar-refractivity contribution in [3.63, 3.8) is 0 Å². The van der Waals surface area contributed by atoms with E-state index in [1.807, 2.05) is 0 Å². The van der Waals surface area contributed by atoms with Crippen LogP contribution in [0.4, 0.5) is 10.1 Å². The molecule has 0 heterocycles. The number of carbonyl (C=O) groups is 1. The van der Waals surface area contributed by atoms with Gasteiger partial charge in [-0.25, -0.2) is 9.18 Å². The van der Waals surface area contributed by atoms with Gasteiger partial charge in [-0.1, -0.05) is 0 Å². The van der Waals surface area contributed by atoms with Gasteiger partial charge < -0.3 is 4.74 Å². The summed E-state index contributed by atoms with van der Waals surface area (Å²) in [7, 11) is 0. The maximum atomic E-state index is 13.3. The number of hydrogen-bond acceptors (Lipinski definition) is 4. The first-order chi connectivity index (χ1) is 7.47. The van der Waals surface area contributed by atoms with E-state index < -0.39 is 22.3 Å². The Balaban J connectivity index is 3.24. The van der Waals surface area contributed by atoms with Gasteiger partial charge in [0.05, 0.1) is 16.0 Å². The number of hydrogen-bond donors (Lipinski definition) is 0. The summed E-state index contributed by atoms with van der Waals surface area (Å²) in [5.74, 6) is -1.79. The highest BCUT2D eigenvalue weighted by atomic mass is 79.9. The molecule has 7 heteroatoms. The van der Waals surface area contributed by atoms with Gasteiger partial charge in [-0.05, 0) is 28.9 Å². The fourth-order valence-corrected chi connectivity index (χ4v) is 1.50. The molecule has 0 aliphatic heterocycles. The molecule has 1 rings (SSSR count). The Morgan fingerprint density at radius 2 is 2.25 bits per heavy atom. The van der Waals surface area contributed by atoms with Crippen LogP contribution in [0.2, 0.25) is 0 Å². The fraction of sp³-hybridized carbons (Fsp3) is 0.222. The maximum Gasteiger partial charge on any atom is 0.341 e. The molecular formula is C9H7BrFNO4. The molecule has 0 fully saturated rings. The molecule has 86 valence electrons. The molecule has 5 nitrogen and oxygen atoms in total. The number of carbonyl (C=O) groups excluding carboxylic acids is 1. The van der Waals surface area contributed by atoms with E-state index >= 15 is 0 Å². The van der Waals surface area contributed by atoms with Crippen molar-refractivity contribution in [3.05, 3.63) is 38.1 Å². The third kappa shape index (κ3) is 2.54. The van der Waals surface area contributed by atoms with Crippen LogP contribution < -0.4 is 0 Å². The van der Waals surface area contributed by atoms with Crippen LogP contribution in [-0.4, -0.2) is 17.5 Å². The Kier molecular flexibility index (Phi) is 3.94. The summed E-state index contributed by atoms with van der Waals surface area (Å²) in [4.78, 5) is 21.1. The smallest absolute Gasteiger partial charge is 0.341 e. The van der Waals surface area contributed by atoms with Crippen LogP contribution in [0.5, 0.6) is 0 Å². The molecule has 0 aromatic heterocycles. The van der Waals surface area contributed by atoms with Gasteiger partial charge in [-0.3, -0.25) is 10.1 Å². The molecule has 16 heavy (non-hydrogen) atoms. The Bertz CT molecular complexity index is 449. The number of esters is 1. The molecule has 1 aromatic carbocycles. The van der Waals surface area contributed by atoms with Crippen molar-refractivity contribution >= 4 is 27.6 Å². The van der Waals surface area contributed by atoms with Crippen LogP contribution in [0.15, 0.2) is 16.6 Å². The van der Waals surface area contributed by atoms with Crippen LogP contribution in [0.25, 0.3) is 0 Å². The minimum Gasteiger partial charge on any atom is -0.462 e. The quantitative estimate of drug-likeness (QED) is 0.488. The summed E-state index contributed by atoms with van der Waals surface area (Å²) in [6.45, 7) is 1.63. The summed E-state index contributed by atoms with van der Waals surface area (Å²) in [6, 6.07) is 1.71. The van der Waals surface area contributed by atoms with Gasteiger partial charge in [0.1, 0.15) is 11.4 Å². The number of nitro groups is 1. The fourth-order valence-electron chi connectivity index (χ4n) is 1.04. The SMILES string of the molecule is CCOC(=O)c1cc([N+](=O)[O-])c(Br)cc1F. The number of ether oxygens (including phenoxy) is 1. The van der Waals surface area contributed by atoms with E-state index in [0.29, 0.717) is 0 Å². The molecule has 0 spiro atoms. The topological polar surface area (TPSA) is 69.4 Å². The van der Waals surface area contributed by atoms with Gasteiger partial charge in [0.25, 0.3) is 5.69 Å². The van der Waals surface area contributed by atoms with E-state index in [2.05, 4.69) is 20.7 Å². The Labute approximate surface area is 98.5 Å². The van der Waals surface area contributed by atoms with Crippen molar-refractivity contribution in [2.24, 2.45) is 0 Å². The molecule has 0 bridgehead atoms. The van der Waals surface area contributed by atoms with E-state index in [9.17, 15) is 19.3 Å². The van der Waals surface area contributed by atoms with Crippen LogP contribution in [0.3, 0.4) is 0 Å². The van der Waals surface area contributed by atoms with Crippen LogP contribution >= 0.6 is 15.9 Å². The first-order valence-electron chi connectivity index (χ1n) is 4.28.